The Bertz CT molecular complexity index is 419. The monoisotopic (exact) mass is 297 g/mol. The van der Waals surface area contributed by atoms with Crippen LogP contribution in [0.15, 0.2) is 18.2 Å². The highest BCUT2D eigenvalue weighted by Crippen LogP contribution is 2.33. The van der Waals surface area contributed by atoms with Gasteiger partial charge in [0.1, 0.15) is 5.75 Å². The summed E-state index contributed by atoms with van der Waals surface area (Å²) in [5.41, 5.74) is 1.13. The molecule has 20 heavy (non-hydrogen) atoms. The van der Waals surface area contributed by atoms with Gasteiger partial charge in [-0.25, -0.2) is 0 Å². The highest BCUT2D eigenvalue weighted by molar-refractivity contribution is 6.30. The molecule has 1 saturated heterocycles. The van der Waals surface area contributed by atoms with Gasteiger partial charge in [-0.2, -0.15) is 0 Å². The Balaban J connectivity index is 2.17. The van der Waals surface area contributed by atoms with Gasteiger partial charge in [-0.15, -0.1) is 0 Å². The summed E-state index contributed by atoms with van der Waals surface area (Å²) >= 11 is 6.15. The molecule has 0 amide bonds. The Labute approximate surface area is 126 Å². The lowest BCUT2D eigenvalue weighted by molar-refractivity contribution is 0.0943. The third kappa shape index (κ3) is 4.11. The van der Waals surface area contributed by atoms with Crippen LogP contribution in [0, 0.1) is 0 Å². The third-order valence-electron chi connectivity index (χ3n) is 3.73. The molecule has 0 aromatic heterocycles. The van der Waals surface area contributed by atoms with Crippen molar-refractivity contribution in [1.29, 1.82) is 0 Å². The molecule has 1 aliphatic heterocycles. The van der Waals surface area contributed by atoms with Crippen molar-refractivity contribution in [2.24, 2.45) is 0 Å². The SMILES string of the molecule is CCCNC(CC1CCCO1)c1cc(Cl)ccc1OC. The molecule has 112 valence electrons. The Morgan fingerprint density at radius 2 is 2.35 bits per heavy atom. The van der Waals surface area contributed by atoms with Crippen molar-refractivity contribution in [3.63, 3.8) is 0 Å². The van der Waals surface area contributed by atoms with Gasteiger partial charge in [-0.05, 0) is 50.4 Å². The smallest absolute Gasteiger partial charge is 0.123 e. The minimum Gasteiger partial charge on any atom is -0.496 e. The molecule has 1 aromatic carbocycles. The van der Waals surface area contributed by atoms with Crippen LogP contribution in [0.4, 0.5) is 0 Å². The lowest BCUT2D eigenvalue weighted by Gasteiger charge is -2.24. The van der Waals surface area contributed by atoms with Gasteiger partial charge >= 0.3 is 0 Å². The van der Waals surface area contributed by atoms with Crippen LogP contribution in [-0.2, 0) is 4.74 Å². The molecule has 2 atom stereocenters. The van der Waals surface area contributed by atoms with Crippen molar-refractivity contribution in [3.05, 3.63) is 28.8 Å². The zero-order chi connectivity index (χ0) is 14.4. The summed E-state index contributed by atoms with van der Waals surface area (Å²) < 4.78 is 11.3. The fourth-order valence-electron chi connectivity index (χ4n) is 2.71. The van der Waals surface area contributed by atoms with E-state index in [0.717, 1.165) is 55.2 Å². The van der Waals surface area contributed by atoms with E-state index in [1.54, 1.807) is 7.11 Å². The fourth-order valence-corrected chi connectivity index (χ4v) is 2.89. The molecule has 0 radical (unpaired) electrons. The summed E-state index contributed by atoms with van der Waals surface area (Å²) in [6.45, 7) is 4.04. The minimum absolute atomic E-state index is 0.228. The maximum absolute atomic E-state index is 6.15. The predicted octanol–water partition coefficient (Wildman–Crippen LogP) is 3.96. The molecule has 3 nitrogen and oxygen atoms in total. The van der Waals surface area contributed by atoms with E-state index in [4.69, 9.17) is 21.1 Å². The molecule has 0 spiro atoms. The zero-order valence-electron chi connectivity index (χ0n) is 12.3. The lowest BCUT2D eigenvalue weighted by Crippen LogP contribution is -2.26. The minimum atomic E-state index is 0.228. The van der Waals surface area contributed by atoms with Crippen LogP contribution in [0.1, 0.15) is 44.2 Å². The molecule has 1 N–H and O–H groups in total. The third-order valence-corrected chi connectivity index (χ3v) is 3.97. The molecule has 2 unspecified atom stereocenters. The zero-order valence-corrected chi connectivity index (χ0v) is 13.1. The van der Waals surface area contributed by atoms with Crippen LogP contribution in [0.2, 0.25) is 5.02 Å². The van der Waals surface area contributed by atoms with Crippen LogP contribution in [0.25, 0.3) is 0 Å². The number of methoxy groups -OCH3 is 1. The average Bonchev–Trinajstić information content (AvgIpc) is 2.96. The molecular weight excluding hydrogens is 274 g/mol. The van der Waals surface area contributed by atoms with Gasteiger partial charge < -0.3 is 14.8 Å². The summed E-state index contributed by atoms with van der Waals surface area (Å²) in [5.74, 6) is 0.890. The van der Waals surface area contributed by atoms with Gasteiger partial charge in [-0.1, -0.05) is 18.5 Å². The number of hydrogen-bond acceptors (Lipinski definition) is 3. The quantitative estimate of drug-likeness (QED) is 0.826. The molecular formula is C16H24ClNO2. The van der Waals surface area contributed by atoms with Gasteiger partial charge in [-0.3, -0.25) is 0 Å². The first-order chi connectivity index (χ1) is 9.74. The number of benzene rings is 1. The summed E-state index contributed by atoms with van der Waals surface area (Å²) in [6.07, 6.45) is 4.72. The highest BCUT2D eigenvalue weighted by atomic mass is 35.5. The van der Waals surface area contributed by atoms with Crippen LogP contribution in [0.5, 0.6) is 5.75 Å². The molecule has 0 aliphatic carbocycles. The van der Waals surface area contributed by atoms with E-state index in [1.165, 1.54) is 0 Å². The number of hydrogen-bond donors (Lipinski definition) is 1. The topological polar surface area (TPSA) is 30.5 Å². The van der Waals surface area contributed by atoms with Crippen molar-refractivity contribution in [3.8, 4) is 5.75 Å². The Morgan fingerprint density at radius 1 is 1.50 bits per heavy atom. The molecule has 1 heterocycles. The van der Waals surface area contributed by atoms with Crippen LogP contribution >= 0.6 is 11.6 Å². The molecule has 0 saturated carbocycles. The second-order valence-electron chi connectivity index (χ2n) is 5.26. The maximum Gasteiger partial charge on any atom is 0.123 e. The van der Waals surface area contributed by atoms with Crippen molar-refractivity contribution < 1.29 is 9.47 Å². The molecule has 0 bridgehead atoms. The van der Waals surface area contributed by atoms with Gasteiger partial charge in [0.15, 0.2) is 0 Å². The van der Waals surface area contributed by atoms with Crippen LogP contribution in [0.3, 0.4) is 0 Å². The second-order valence-corrected chi connectivity index (χ2v) is 5.70. The predicted molar refractivity (Wildman–Crippen MR) is 82.6 cm³/mol. The van der Waals surface area contributed by atoms with E-state index in [2.05, 4.69) is 12.2 Å². The van der Waals surface area contributed by atoms with E-state index in [9.17, 15) is 0 Å². The van der Waals surface area contributed by atoms with Crippen LogP contribution in [-0.4, -0.2) is 26.4 Å². The number of halogens is 1. The van der Waals surface area contributed by atoms with E-state index < -0.39 is 0 Å². The van der Waals surface area contributed by atoms with Crippen molar-refractivity contribution in [2.75, 3.05) is 20.3 Å². The molecule has 1 fully saturated rings. The van der Waals surface area contributed by atoms with E-state index in [1.807, 2.05) is 18.2 Å². The molecule has 1 aromatic rings. The standard InChI is InChI=1S/C16H24ClNO2/c1-3-8-18-15(11-13-5-4-9-20-13)14-10-12(17)6-7-16(14)19-2/h6-7,10,13,15,18H,3-5,8-9,11H2,1-2H3. The average molecular weight is 298 g/mol. The Hall–Kier alpha value is -0.770. The second kappa shape index (κ2) is 7.87. The van der Waals surface area contributed by atoms with Gasteiger partial charge in [0.2, 0.25) is 0 Å². The maximum atomic E-state index is 6.15. The number of nitrogens with one attached hydrogen (secondary N) is 1. The van der Waals surface area contributed by atoms with Crippen molar-refractivity contribution in [2.45, 2.75) is 44.8 Å². The summed E-state index contributed by atoms with van der Waals surface area (Å²) in [4.78, 5) is 0. The number of rotatable bonds is 7. The van der Waals surface area contributed by atoms with Gasteiger partial charge in [0, 0.05) is 23.2 Å². The largest absolute Gasteiger partial charge is 0.496 e. The first kappa shape index (κ1) is 15.6. The van der Waals surface area contributed by atoms with Gasteiger partial charge in [0.25, 0.3) is 0 Å². The van der Waals surface area contributed by atoms with Crippen molar-refractivity contribution >= 4 is 11.6 Å². The van der Waals surface area contributed by atoms with E-state index >= 15 is 0 Å². The summed E-state index contributed by atoms with van der Waals surface area (Å²) in [7, 11) is 1.70. The fraction of sp³-hybridized carbons (Fsp3) is 0.625. The van der Waals surface area contributed by atoms with E-state index in [0.29, 0.717) is 6.10 Å². The lowest BCUT2D eigenvalue weighted by atomic mass is 9.98. The highest BCUT2D eigenvalue weighted by Gasteiger charge is 2.23. The Kier molecular flexibility index (Phi) is 6.14. The first-order valence-electron chi connectivity index (χ1n) is 7.43. The Morgan fingerprint density at radius 3 is 3.00 bits per heavy atom. The van der Waals surface area contributed by atoms with Gasteiger partial charge in [0.05, 0.1) is 13.2 Å². The van der Waals surface area contributed by atoms with E-state index in [-0.39, 0.29) is 6.04 Å². The first-order valence-corrected chi connectivity index (χ1v) is 7.80. The molecule has 1 aliphatic rings. The van der Waals surface area contributed by atoms with Crippen LogP contribution < -0.4 is 10.1 Å². The normalized spacial score (nSPS) is 20.1. The summed E-state index contributed by atoms with van der Waals surface area (Å²) in [6, 6.07) is 6.04. The van der Waals surface area contributed by atoms with Crippen molar-refractivity contribution in [1.82, 2.24) is 5.32 Å². The molecule has 2 rings (SSSR count). The summed E-state index contributed by atoms with van der Waals surface area (Å²) in [5, 5.41) is 4.34. The number of ether oxygens (including phenoxy) is 2. The molecule has 4 heteroatoms.